The molecule has 0 spiro atoms. The Hall–Kier alpha value is -0.430. The summed E-state index contributed by atoms with van der Waals surface area (Å²) >= 11 is 4.16. The van der Waals surface area contributed by atoms with Crippen LogP contribution in [0.25, 0.3) is 0 Å². The van der Waals surface area contributed by atoms with Crippen LogP contribution in [-0.4, -0.2) is 0 Å². The van der Waals surface area contributed by atoms with Gasteiger partial charge in [0, 0.05) is 5.75 Å². The third-order valence-electron chi connectivity index (χ3n) is 1.47. The summed E-state index contributed by atoms with van der Waals surface area (Å²) in [5.41, 5.74) is 2.45. The Morgan fingerprint density at radius 3 is 2.70 bits per heavy atom. The van der Waals surface area contributed by atoms with E-state index in [1.54, 1.807) is 0 Å². The standard InChI is InChI=1S/C9H11S/c1-2-8-4-3-5-9(6-8)7-10/h3-5,10H,2,7H2,1H3. The van der Waals surface area contributed by atoms with Crippen LogP contribution in [0.5, 0.6) is 0 Å². The lowest BCUT2D eigenvalue weighted by Gasteiger charge is -1.97. The van der Waals surface area contributed by atoms with Gasteiger partial charge < -0.3 is 0 Å². The van der Waals surface area contributed by atoms with E-state index in [0.29, 0.717) is 0 Å². The first-order valence-electron chi connectivity index (χ1n) is 3.47. The number of aryl methyl sites for hydroxylation is 1. The maximum Gasteiger partial charge on any atom is 0.0160 e. The lowest BCUT2D eigenvalue weighted by Crippen LogP contribution is -1.83. The zero-order valence-corrected chi connectivity index (χ0v) is 6.99. The van der Waals surface area contributed by atoms with Crippen molar-refractivity contribution in [3.8, 4) is 0 Å². The van der Waals surface area contributed by atoms with Crippen LogP contribution in [-0.2, 0) is 12.2 Å². The molecule has 0 bridgehead atoms. The first-order chi connectivity index (χ1) is 4.86. The minimum Gasteiger partial charge on any atom is -0.175 e. The van der Waals surface area contributed by atoms with Crippen molar-refractivity contribution in [3.05, 3.63) is 35.4 Å². The van der Waals surface area contributed by atoms with Crippen molar-refractivity contribution in [2.75, 3.05) is 0 Å². The predicted octanol–water partition coefficient (Wildman–Crippen LogP) is 2.48. The van der Waals surface area contributed by atoms with Crippen molar-refractivity contribution in [2.45, 2.75) is 19.1 Å². The summed E-state index contributed by atoms with van der Waals surface area (Å²) in [7, 11) is 0. The summed E-state index contributed by atoms with van der Waals surface area (Å²) in [6, 6.07) is 9.46. The third-order valence-corrected chi connectivity index (χ3v) is 1.81. The fourth-order valence-corrected chi connectivity index (χ4v) is 1.05. The molecule has 0 saturated heterocycles. The highest BCUT2D eigenvalue weighted by Gasteiger charge is 1.90. The Balaban J connectivity index is 2.87. The van der Waals surface area contributed by atoms with Gasteiger partial charge in [-0.2, -0.15) is 12.6 Å². The molecule has 0 aliphatic carbocycles. The summed E-state index contributed by atoms with van der Waals surface area (Å²) in [6.45, 7) is 2.13. The lowest BCUT2D eigenvalue weighted by molar-refractivity contribution is 1.12. The number of hydrogen-bond acceptors (Lipinski definition) is 1. The molecule has 1 aromatic carbocycles. The van der Waals surface area contributed by atoms with Crippen LogP contribution in [0.3, 0.4) is 0 Å². The van der Waals surface area contributed by atoms with Crippen LogP contribution in [0.4, 0.5) is 0 Å². The summed E-state index contributed by atoms with van der Waals surface area (Å²) in [5, 5.41) is 0. The van der Waals surface area contributed by atoms with Crippen molar-refractivity contribution in [1.29, 1.82) is 0 Å². The van der Waals surface area contributed by atoms with Crippen molar-refractivity contribution in [3.63, 3.8) is 0 Å². The quantitative estimate of drug-likeness (QED) is 0.617. The van der Waals surface area contributed by atoms with E-state index in [9.17, 15) is 0 Å². The summed E-state index contributed by atoms with van der Waals surface area (Å²) in [5.74, 6) is 0.786. The molecule has 0 amide bonds. The molecule has 0 aliphatic rings. The molecule has 0 atom stereocenters. The van der Waals surface area contributed by atoms with Gasteiger partial charge in [0.1, 0.15) is 0 Å². The highest BCUT2D eigenvalue weighted by molar-refractivity contribution is 7.79. The van der Waals surface area contributed by atoms with Crippen LogP contribution in [0, 0.1) is 6.07 Å². The molecule has 1 rings (SSSR count). The van der Waals surface area contributed by atoms with Crippen molar-refractivity contribution < 1.29 is 0 Å². The van der Waals surface area contributed by atoms with Gasteiger partial charge in [0.05, 0.1) is 0 Å². The smallest absolute Gasteiger partial charge is 0.0160 e. The predicted molar refractivity (Wildman–Crippen MR) is 47.3 cm³/mol. The largest absolute Gasteiger partial charge is 0.175 e. The van der Waals surface area contributed by atoms with Crippen LogP contribution in [0.1, 0.15) is 18.1 Å². The first-order valence-corrected chi connectivity index (χ1v) is 4.11. The second-order valence-corrected chi connectivity index (χ2v) is 2.53. The van der Waals surface area contributed by atoms with Gasteiger partial charge in [0.2, 0.25) is 0 Å². The molecule has 1 aromatic rings. The maximum absolute atomic E-state index is 4.16. The molecular weight excluding hydrogens is 140 g/mol. The van der Waals surface area contributed by atoms with E-state index < -0.39 is 0 Å². The zero-order chi connectivity index (χ0) is 7.40. The minimum absolute atomic E-state index is 0.786. The molecule has 0 aromatic heterocycles. The second-order valence-electron chi connectivity index (χ2n) is 2.21. The average Bonchev–Trinajstić information content (AvgIpc) is 2.05. The first kappa shape index (κ1) is 7.67. The van der Waals surface area contributed by atoms with E-state index in [-0.39, 0.29) is 0 Å². The fraction of sp³-hybridized carbons (Fsp3) is 0.333. The molecule has 0 nitrogen and oxygen atoms in total. The molecule has 0 unspecified atom stereocenters. The Bertz CT molecular complexity index is 186. The monoisotopic (exact) mass is 151 g/mol. The molecular formula is C9H11S. The minimum atomic E-state index is 0.786. The molecule has 0 N–H and O–H groups in total. The van der Waals surface area contributed by atoms with Crippen LogP contribution < -0.4 is 0 Å². The SMILES string of the molecule is CCc1[c]c(CS)ccc1. The Labute approximate surface area is 67.7 Å². The number of rotatable bonds is 2. The zero-order valence-electron chi connectivity index (χ0n) is 6.09. The Morgan fingerprint density at radius 1 is 1.40 bits per heavy atom. The lowest BCUT2D eigenvalue weighted by atomic mass is 10.1. The van der Waals surface area contributed by atoms with Crippen LogP contribution in [0.2, 0.25) is 0 Å². The van der Waals surface area contributed by atoms with Gasteiger partial charge in [-0.15, -0.1) is 0 Å². The second kappa shape index (κ2) is 3.67. The van der Waals surface area contributed by atoms with Crippen LogP contribution in [0.15, 0.2) is 18.2 Å². The number of benzene rings is 1. The van der Waals surface area contributed by atoms with E-state index in [2.05, 4.69) is 37.8 Å². The molecule has 0 aliphatic heterocycles. The van der Waals surface area contributed by atoms with Gasteiger partial charge in [0.25, 0.3) is 0 Å². The average molecular weight is 151 g/mol. The molecule has 1 radical (unpaired) electrons. The Morgan fingerprint density at radius 2 is 2.10 bits per heavy atom. The maximum atomic E-state index is 4.16. The molecule has 0 saturated carbocycles. The molecule has 0 heterocycles. The van der Waals surface area contributed by atoms with Crippen molar-refractivity contribution in [1.82, 2.24) is 0 Å². The fourth-order valence-electron chi connectivity index (χ4n) is 0.868. The van der Waals surface area contributed by atoms with Gasteiger partial charge in [-0.3, -0.25) is 0 Å². The summed E-state index contributed by atoms with van der Waals surface area (Å²) < 4.78 is 0. The van der Waals surface area contributed by atoms with Gasteiger partial charge >= 0.3 is 0 Å². The topological polar surface area (TPSA) is 0 Å². The van der Waals surface area contributed by atoms with E-state index >= 15 is 0 Å². The highest BCUT2D eigenvalue weighted by atomic mass is 32.1. The van der Waals surface area contributed by atoms with Crippen LogP contribution >= 0.6 is 12.6 Å². The van der Waals surface area contributed by atoms with E-state index in [0.717, 1.165) is 12.2 Å². The normalized spacial score (nSPS) is 9.80. The highest BCUT2D eigenvalue weighted by Crippen LogP contribution is 2.06. The van der Waals surface area contributed by atoms with Gasteiger partial charge in [-0.1, -0.05) is 25.1 Å². The summed E-state index contributed by atoms with van der Waals surface area (Å²) in [4.78, 5) is 0. The molecule has 1 heteroatoms. The van der Waals surface area contributed by atoms with E-state index in [4.69, 9.17) is 0 Å². The van der Waals surface area contributed by atoms with E-state index in [1.807, 2.05) is 6.07 Å². The molecule has 53 valence electrons. The number of thiol groups is 1. The Kier molecular flexibility index (Phi) is 2.82. The third kappa shape index (κ3) is 1.77. The molecule has 10 heavy (non-hydrogen) atoms. The van der Waals surface area contributed by atoms with Crippen molar-refractivity contribution >= 4 is 12.6 Å². The van der Waals surface area contributed by atoms with Gasteiger partial charge in [0.15, 0.2) is 0 Å². The summed E-state index contributed by atoms with van der Waals surface area (Å²) in [6.07, 6.45) is 1.06. The number of hydrogen-bond donors (Lipinski definition) is 1. The van der Waals surface area contributed by atoms with Crippen molar-refractivity contribution in [2.24, 2.45) is 0 Å². The molecule has 0 fully saturated rings. The van der Waals surface area contributed by atoms with Gasteiger partial charge in [-0.25, -0.2) is 0 Å². The van der Waals surface area contributed by atoms with E-state index in [1.165, 1.54) is 11.1 Å². The van der Waals surface area contributed by atoms with Gasteiger partial charge in [-0.05, 0) is 23.6 Å².